The van der Waals surface area contributed by atoms with Crippen molar-refractivity contribution in [2.75, 3.05) is 5.73 Å². The third-order valence-corrected chi connectivity index (χ3v) is 5.02. The van der Waals surface area contributed by atoms with Crippen LogP contribution in [-0.4, -0.2) is 14.6 Å². The van der Waals surface area contributed by atoms with Crippen LogP contribution in [0.5, 0.6) is 5.75 Å². The zero-order chi connectivity index (χ0) is 20.3. The van der Waals surface area contributed by atoms with Crippen LogP contribution in [0, 0.1) is 0 Å². The first-order valence-corrected chi connectivity index (χ1v) is 9.76. The van der Waals surface area contributed by atoms with Crippen molar-refractivity contribution in [3.63, 3.8) is 0 Å². The minimum absolute atomic E-state index is 0.317. The van der Waals surface area contributed by atoms with Crippen LogP contribution < -0.4 is 10.5 Å². The molecule has 0 spiro atoms. The Labute approximate surface area is 174 Å². The Balaban J connectivity index is 1.65. The summed E-state index contributed by atoms with van der Waals surface area (Å²) in [5.74, 6) is 1.34. The smallest absolute Gasteiger partial charge is 0.165 e. The van der Waals surface area contributed by atoms with Crippen molar-refractivity contribution < 1.29 is 4.74 Å². The highest BCUT2D eigenvalue weighted by atomic mass is 16.5. The third-order valence-electron chi connectivity index (χ3n) is 5.02. The van der Waals surface area contributed by atoms with Gasteiger partial charge in [-0.2, -0.15) is 9.61 Å². The zero-order valence-electron chi connectivity index (χ0n) is 16.3. The van der Waals surface area contributed by atoms with Gasteiger partial charge in [-0.05, 0) is 23.3 Å². The van der Waals surface area contributed by atoms with E-state index < -0.39 is 0 Å². The van der Waals surface area contributed by atoms with Crippen molar-refractivity contribution in [3.05, 3.63) is 103 Å². The summed E-state index contributed by atoms with van der Waals surface area (Å²) in [6, 6.07) is 29.8. The van der Waals surface area contributed by atoms with Crippen LogP contribution in [0.1, 0.15) is 5.69 Å². The molecule has 5 aromatic rings. The number of aromatic nitrogens is 3. The number of rotatable bonds is 5. The molecule has 0 aliphatic carbocycles. The second kappa shape index (κ2) is 7.72. The Morgan fingerprint density at radius 3 is 2.03 bits per heavy atom. The number of hydrogen-bond acceptors (Lipinski definition) is 4. The monoisotopic (exact) mass is 392 g/mol. The first-order valence-electron chi connectivity index (χ1n) is 9.76. The minimum Gasteiger partial charge on any atom is -0.487 e. The number of anilines is 1. The lowest BCUT2D eigenvalue weighted by molar-refractivity contribution is 0.301. The van der Waals surface area contributed by atoms with E-state index in [9.17, 15) is 0 Å². The van der Waals surface area contributed by atoms with Gasteiger partial charge in [0.25, 0.3) is 0 Å². The van der Waals surface area contributed by atoms with Crippen molar-refractivity contribution in [1.82, 2.24) is 14.6 Å². The Hall–Kier alpha value is -4.12. The molecule has 5 nitrogen and oxygen atoms in total. The highest BCUT2D eigenvalue weighted by Crippen LogP contribution is 2.32. The molecule has 2 heterocycles. The lowest BCUT2D eigenvalue weighted by Gasteiger charge is -2.07. The number of nitrogen functional groups attached to an aromatic ring is 1. The molecule has 0 saturated carbocycles. The highest BCUT2D eigenvalue weighted by molar-refractivity contribution is 5.83. The second-order valence-corrected chi connectivity index (χ2v) is 6.95. The Morgan fingerprint density at radius 2 is 1.37 bits per heavy atom. The van der Waals surface area contributed by atoms with E-state index in [0.717, 1.165) is 33.7 Å². The summed E-state index contributed by atoms with van der Waals surface area (Å²) in [5.41, 5.74) is 11.8. The summed E-state index contributed by atoms with van der Waals surface area (Å²) in [7, 11) is 0. The van der Waals surface area contributed by atoms with Crippen LogP contribution in [0.25, 0.3) is 27.9 Å². The molecule has 30 heavy (non-hydrogen) atoms. The maximum atomic E-state index is 6.54. The van der Waals surface area contributed by atoms with Gasteiger partial charge in [-0.15, -0.1) is 0 Å². The molecule has 5 rings (SSSR count). The molecule has 0 amide bonds. The first kappa shape index (κ1) is 17.9. The Bertz CT molecular complexity index is 1280. The van der Waals surface area contributed by atoms with Gasteiger partial charge in [-0.1, -0.05) is 78.9 Å². The van der Waals surface area contributed by atoms with Gasteiger partial charge >= 0.3 is 0 Å². The molecule has 3 aromatic carbocycles. The van der Waals surface area contributed by atoms with Crippen molar-refractivity contribution in [2.45, 2.75) is 6.61 Å². The summed E-state index contributed by atoms with van der Waals surface area (Å²) in [5, 5.41) is 4.79. The van der Waals surface area contributed by atoms with Crippen LogP contribution in [-0.2, 0) is 6.61 Å². The maximum Gasteiger partial charge on any atom is 0.165 e. The number of nitrogens with zero attached hydrogens (tertiary/aromatic N) is 3. The van der Waals surface area contributed by atoms with E-state index in [-0.39, 0.29) is 0 Å². The van der Waals surface area contributed by atoms with Gasteiger partial charge in [0.05, 0.1) is 5.56 Å². The Kier molecular flexibility index (Phi) is 4.62. The molecule has 0 unspecified atom stereocenters. The fourth-order valence-corrected chi connectivity index (χ4v) is 3.56. The number of ether oxygens (including phenoxy) is 1. The molecule has 0 radical (unpaired) electrons. The fraction of sp³-hybridized carbons (Fsp3) is 0.0400. The largest absolute Gasteiger partial charge is 0.487 e. The second-order valence-electron chi connectivity index (χ2n) is 6.95. The lowest BCUT2D eigenvalue weighted by atomic mass is 10.1. The lowest BCUT2D eigenvalue weighted by Crippen LogP contribution is -2.03. The van der Waals surface area contributed by atoms with Gasteiger partial charge in [0, 0.05) is 11.8 Å². The van der Waals surface area contributed by atoms with Crippen LogP contribution in [0.15, 0.2) is 97.2 Å². The first-order chi connectivity index (χ1) is 14.8. The predicted octanol–water partition coefficient (Wildman–Crippen LogP) is 5.22. The molecule has 0 saturated heterocycles. The molecule has 0 bridgehead atoms. The Morgan fingerprint density at radius 1 is 0.767 bits per heavy atom. The van der Waals surface area contributed by atoms with Crippen molar-refractivity contribution in [1.29, 1.82) is 0 Å². The van der Waals surface area contributed by atoms with Gasteiger partial charge < -0.3 is 10.5 Å². The average Bonchev–Trinajstić information content (AvgIpc) is 3.19. The predicted molar refractivity (Wildman–Crippen MR) is 119 cm³/mol. The third kappa shape index (κ3) is 3.26. The SMILES string of the molecule is Nc1c(-c2ccccc2)cnc2c(-c3ccccc3)c(COc3ccccc3)nn12. The minimum atomic E-state index is 0.317. The zero-order valence-corrected chi connectivity index (χ0v) is 16.3. The summed E-state index contributed by atoms with van der Waals surface area (Å²) in [6.07, 6.45) is 1.82. The molecule has 2 N–H and O–H groups in total. The van der Waals surface area contributed by atoms with E-state index in [0.29, 0.717) is 18.1 Å². The normalized spacial score (nSPS) is 10.9. The van der Waals surface area contributed by atoms with E-state index >= 15 is 0 Å². The van der Waals surface area contributed by atoms with Crippen LogP contribution in [0.2, 0.25) is 0 Å². The summed E-state index contributed by atoms with van der Waals surface area (Å²) < 4.78 is 7.71. The van der Waals surface area contributed by atoms with Gasteiger partial charge in [0.2, 0.25) is 0 Å². The maximum absolute atomic E-state index is 6.54. The van der Waals surface area contributed by atoms with Gasteiger partial charge in [-0.3, -0.25) is 0 Å². The number of benzene rings is 3. The van der Waals surface area contributed by atoms with E-state index in [2.05, 4.69) is 0 Å². The highest BCUT2D eigenvalue weighted by Gasteiger charge is 2.19. The number of nitrogens with two attached hydrogens (primary N) is 1. The van der Waals surface area contributed by atoms with Gasteiger partial charge in [0.15, 0.2) is 5.65 Å². The van der Waals surface area contributed by atoms with Crippen LogP contribution >= 0.6 is 0 Å². The quantitative estimate of drug-likeness (QED) is 0.445. The van der Waals surface area contributed by atoms with E-state index in [4.69, 9.17) is 20.6 Å². The molecular weight excluding hydrogens is 372 g/mol. The molecule has 2 aromatic heterocycles. The van der Waals surface area contributed by atoms with E-state index in [1.165, 1.54) is 0 Å². The molecule has 5 heteroatoms. The number of hydrogen-bond donors (Lipinski definition) is 1. The van der Waals surface area contributed by atoms with Crippen molar-refractivity contribution in [2.24, 2.45) is 0 Å². The van der Waals surface area contributed by atoms with Gasteiger partial charge in [-0.25, -0.2) is 4.98 Å². The van der Waals surface area contributed by atoms with E-state index in [1.807, 2.05) is 97.2 Å². The molecule has 0 fully saturated rings. The standard InChI is InChI=1S/C25H20N4O/c26-24-21(18-10-4-1-5-11-18)16-27-25-23(19-12-6-2-7-13-19)22(28-29(24)25)17-30-20-14-8-3-9-15-20/h1-16H,17,26H2. The van der Waals surface area contributed by atoms with Crippen molar-refractivity contribution in [3.8, 4) is 28.0 Å². The summed E-state index contributed by atoms with van der Waals surface area (Å²) in [4.78, 5) is 4.74. The van der Waals surface area contributed by atoms with Gasteiger partial charge in [0.1, 0.15) is 23.9 Å². The summed E-state index contributed by atoms with van der Waals surface area (Å²) in [6.45, 7) is 0.317. The molecule has 0 aliphatic rings. The molecular formula is C25H20N4O. The summed E-state index contributed by atoms with van der Waals surface area (Å²) >= 11 is 0. The van der Waals surface area contributed by atoms with Crippen LogP contribution in [0.4, 0.5) is 5.82 Å². The topological polar surface area (TPSA) is 65.4 Å². The fourth-order valence-electron chi connectivity index (χ4n) is 3.56. The molecule has 146 valence electrons. The van der Waals surface area contributed by atoms with Crippen LogP contribution in [0.3, 0.4) is 0 Å². The van der Waals surface area contributed by atoms with E-state index in [1.54, 1.807) is 4.52 Å². The molecule has 0 aliphatic heterocycles. The number of fused-ring (bicyclic) bond motifs is 1. The average molecular weight is 392 g/mol. The van der Waals surface area contributed by atoms with Crippen molar-refractivity contribution >= 4 is 11.5 Å². The number of para-hydroxylation sites is 1. The molecule has 0 atom stereocenters.